The summed E-state index contributed by atoms with van der Waals surface area (Å²) in [5.74, 6) is 1.05. The summed E-state index contributed by atoms with van der Waals surface area (Å²) in [5.41, 5.74) is 1.66. The van der Waals surface area contributed by atoms with E-state index in [2.05, 4.69) is 19.2 Å². The van der Waals surface area contributed by atoms with Gasteiger partial charge in [0.2, 0.25) is 0 Å². The van der Waals surface area contributed by atoms with E-state index in [4.69, 9.17) is 4.42 Å². The summed E-state index contributed by atoms with van der Waals surface area (Å²) >= 11 is 0. The minimum absolute atomic E-state index is 0.00983. The Balaban J connectivity index is 1.85. The van der Waals surface area contributed by atoms with Crippen LogP contribution >= 0.6 is 0 Å². The molecule has 4 heteroatoms. The molecule has 0 spiro atoms. The molecular weight excluding hydrogens is 266 g/mol. The van der Waals surface area contributed by atoms with Gasteiger partial charge in [0.25, 0.3) is 5.91 Å². The summed E-state index contributed by atoms with van der Waals surface area (Å²) in [6, 6.07) is 0.278. The highest BCUT2D eigenvalue weighted by Crippen LogP contribution is 2.43. The maximum atomic E-state index is 12.4. The molecule has 1 aromatic rings. The monoisotopic (exact) mass is 291 g/mol. The van der Waals surface area contributed by atoms with Crippen LogP contribution in [-0.4, -0.2) is 17.1 Å². The normalized spacial score (nSPS) is 24.9. The molecule has 116 valence electrons. The fourth-order valence-corrected chi connectivity index (χ4v) is 3.82. The lowest BCUT2D eigenvalue weighted by Crippen LogP contribution is -2.32. The first kappa shape index (κ1) is 14.6. The van der Waals surface area contributed by atoms with Crippen molar-refractivity contribution in [2.75, 3.05) is 0 Å². The molecule has 2 aliphatic carbocycles. The van der Waals surface area contributed by atoms with Gasteiger partial charge in [0, 0.05) is 23.6 Å². The predicted octanol–water partition coefficient (Wildman–Crippen LogP) is 3.27. The largest absolute Gasteiger partial charge is 0.455 e. The molecule has 0 bridgehead atoms. The lowest BCUT2D eigenvalue weighted by molar-refractivity contribution is 0.0875. The second kappa shape index (κ2) is 5.16. The van der Waals surface area contributed by atoms with Crippen LogP contribution in [0.5, 0.6) is 0 Å². The van der Waals surface area contributed by atoms with Gasteiger partial charge in [-0.2, -0.15) is 0 Å². The fraction of sp³-hybridized carbons (Fsp3) is 0.706. The van der Waals surface area contributed by atoms with E-state index >= 15 is 0 Å². The molecule has 1 unspecified atom stereocenters. The molecular formula is C17H25NO3. The standard InChI is InChI=1S/C17H25NO3/c1-10-14-12(19)8-17(2,3)9-13(14)21-15(10)16(20)18-11-6-4-5-7-11/h11-12,19H,4-9H2,1-3H3,(H,18,20). The van der Waals surface area contributed by atoms with E-state index in [-0.39, 0.29) is 17.4 Å². The quantitative estimate of drug-likeness (QED) is 0.879. The topological polar surface area (TPSA) is 62.5 Å². The van der Waals surface area contributed by atoms with Crippen molar-refractivity contribution < 1.29 is 14.3 Å². The van der Waals surface area contributed by atoms with Crippen LogP contribution in [0.25, 0.3) is 0 Å². The van der Waals surface area contributed by atoms with E-state index in [0.29, 0.717) is 12.2 Å². The van der Waals surface area contributed by atoms with E-state index in [9.17, 15) is 9.90 Å². The molecule has 0 aliphatic heterocycles. The van der Waals surface area contributed by atoms with Crippen molar-refractivity contribution in [2.45, 2.75) is 71.4 Å². The van der Waals surface area contributed by atoms with Gasteiger partial charge < -0.3 is 14.8 Å². The zero-order valence-electron chi connectivity index (χ0n) is 13.2. The summed E-state index contributed by atoms with van der Waals surface area (Å²) in [6.45, 7) is 6.12. The highest BCUT2D eigenvalue weighted by Gasteiger charge is 2.37. The summed E-state index contributed by atoms with van der Waals surface area (Å²) < 4.78 is 5.84. The lowest BCUT2D eigenvalue weighted by Gasteiger charge is -2.31. The Morgan fingerprint density at radius 2 is 2.00 bits per heavy atom. The van der Waals surface area contributed by atoms with Gasteiger partial charge in [-0.1, -0.05) is 26.7 Å². The maximum absolute atomic E-state index is 12.4. The van der Waals surface area contributed by atoms with Crippen molar-refractivity contribution >= 4 is 5.91 Å². The van der Waals surface area contributed by atoms with E-state index in [1.54, 1.807) is 0 Å². The third-order valence-electron chi connectivity index (χ3n) is 4.89. The van der Waals surface area contributed by atoms with Crippen LogP contribution in [0.4, 0.5) is 0 Å². The van der Waals surface area contributed by atoms with E-state index < -0.39 is 6.10 Å². The van der Waals surface area contributed by atoms with Gasteiger partial charge in [-0.15, -0.1) is 0 Å². The summed E-state index contributed by atoms with van der Waals surface area (Å²) in [4.78, 5) is 12.4. The second-order valence-electron chi connectivity index (χ2n) is 7.41. The SMILES string of the molecule is Cc1c(C(=O)NC2CCCC2)oc2c1C(O)CC(C)(C)C2. The number of aliphatic hydroxyl groups excluding tert-OH is 1. The zero-order valence-corrected chi connectivity index (χ0v) is 13.2. The molecule has 2 N–H and O–H groups in total. The van der Waals surface area contributed by atoms with Crippen LogP contribution in [0.1, 0.15) is 79.5 Å². The van der Waals surface area contributed by atoms with Crippen molar-refractivity contribution in [1.29, 1.82) is 0 Å². The summed E-state index contributed by atoms with van der Waals surface area (Å²) in [7, 11) is 0. The Labute approximate surface area is 125 Å². The average Bonchev–Trinajstić information content (AvgIpc) is 2.95. The Morgan fingerprint density at radius 1 is 1.33 bits per heavy atom. The molecule has 3 rings (SSSR count). The minimum atomic E-state index is -0.527. The number of hydrogen-bond acceptors (Lipinski definition) is 3. The van der Waals surface area contributed by atoms with E-state index in [1.165, 1.54) is 12.8 Å². The third-order valence-corrected chi connectivity index (χ3v) is 4.89. The first-order valence-electron chi connectivity index (χ1n) is 7.98. The van der Waals surface area contributed by atoms with Crippen LogP contribution in [0, 0.1) is 12.3 Å². The van der Waals surface area contributed by atoms with Crippen LogP contribution in [0.3, 0.4) is 0 Å². The van der Waals surface area contributed by atoms with Crippen LogP contribution in [0.2, 0.25) is 0 Å². The first-order chi connectivity index (χ1) is 9.87. The van der Waals surface area contributed by atoms with Gasteiger partial charge in [-0.05, 0) is 31.6 Å². The molecule has 0 radical (unpaired) electrons. The van der Waals surface area contributed by atoms with Crippen LogP contribution in [0.15, 0.2) is 4.42 Å². The average molecular weight is 291 g/mol. The molecule has 4 nitrogen and oxygen atoms in total. The number of aliphatic hydroxyl groups is 1. The molecule has 1 aromatic heterocycles. The molecule has 0 saturated heterocycles. The lowest BCUT2D eigenvalue weighted by atomic mass is 9.75. The summed E-state index contributed by atoms with van der Waals surface area (Å²) in [6.07, 6.45) is 5.44. The van der Waals surface area contributed by atoms with Gasteiger partial charge in [-0.3, -0.25) is 4.79 Å². The molecule has 2 aliphatic rings. The number of furan rings is 1. The second-order valence-corrected chi connectivity index (χ2v) is 7.41. The minimum Gasteiger partial charge on any atom is -0.455 e. The number of amides is 1. The number of nitrogens with one attached hydrogen (secondary N) is 1. The van der Waals surface area contributed by atoms with Gasteiger partial charge in [0.1, 0.15) is 5.76 Å². The predicted molar refractivity (Wildman–Crippen MR) is 80.2 cm³/mol. The third kappa shape index (κ3) is 2.73. The molecule has 1 fully saturated rings. The Bertz CT molecular complexity index is 553. The van der Waals surface area contributed by atoms with Crippen molar-refractivity contribution in [3.8, 4) is 0 Å². The molecule has 1 heterocycles. The van der Waals surface area contributed by atoms with Crippen molar-refractivity contribution in [1.82, 2.24) is 5.32 Å². The molecule has 1 saturated carbocycles. The van der Waals surface area contributed by atoms with Gasteiger partial charge in [0.05, 0.1) is 6.10 Å². The van der Waals surface area contributed by atoms with Crippen LogP contribution < -0.4 is 5.32 Å². The van der Waals surface area contributed by atoms with Gasteiger partial charge in [0.15, 0.2) is 5.76 Å². The van der Waals surface area contributed by atoms with Gasteiger partial charge >= 0.3 is 0 Å². The Hall–Kier alpha value is -1.29. The Morgan fingerprint density at radius 3 is 2.67 bits per heavy atom. The van der Waals surface area contributed by atoms with E-state index in [1.807, 2.05) is 6.92 Å². The molecule has 1 atom stereocenters. The van der Waals surface area contributed by atoms with Gasteiger partial charge in [-0.25, -0.2) is 0 Å². The highest BCUT2D eigenvalue weighted by molar-refractivity contribution is 5.93. The van der Waals surface area contributed by atoms with Crippen molar-refractivity contribution in [3.05, 3.63) is 22.6 Å². The molecule has 0 aromatic carbocycles. The number of rotatable bonds is 2. The first-order valence-corrected chi connectivity index (χ1v) is 7.98. The van der Waals surface area contributed by atoms with Crippen molar-refractivity contribution in [2.24, 2.45) is 5.41 Å². The molecule has 21 heavy (non-hydrogen) atoms. The van der Waals surface area contributed by atoms with Crippen molar-refractivity contribution in [3.63, 3.8) is 0 Å². The Kier molecular flexibility index (Phi) is 3.60. The maximum Gasteiger partial charge on any atom is 0.287 e. The zero-order chi connectivity index (χ0) is 15.2. The smallest absolute Gasteiger partial charge is 0.287 e. The number of fused-ring (bicyclic) bond motifs is 1. The number of hydrogen-bond donors (Lipinski definition) is 2. The van der Waals surface area contributed by atoms with Crippen LogP contribution in [-0.2, 0) is 6.42 Å². The highest BCUT2D eigenvalue weighted by atomic mass is 16.4. The van der Waals surface area contributed by atoms with E-state index in [0.717, 1.165) is 36.1 Å². The summed E-state index contributed by atoms with van der Waals surface area (Å²) in [5, 5.41) is 13.4. The number of carbonyl (C=O) groups is 1. The fourth-order valence-electron chi connectivity index (χ4n) is 3.82. The number of carbonyl (C=O) groups excluding carboxylic acids is 1. The molecule has 1 amide bonds.